The van der Waals surface area contributed by atoms with Crippen molar-refractivity contribution >= 4 is 21.8 Å². The van der Waals surface area contributed by atoms with Crippen LogP contribution in [0.4, 0.5) is 0 Å². The highest BCUT2D eigenvalue weighted by Gasteiger charge is 2.45. The van der Waals surface area contributed by atoms with Gasteiger partial charge in [0.2, 0.25) is 5.91 Å². The average Bonchev–Trinajstić information content (AvgIpc) is 3.20. The number of hydrogen-bond donors (Lipinski definition) is 1. The van der Waals surface area contributed by atoms with Gasteiger partial charge < -0.3 is 5.32 Å². The van der Waals surface area contributed by atoms with Crippen molar-refractivity contribution in [3.05, 3.63) is 35.9 Å². The van der Waals surface area contributed by atoms with Gasteiger partial charge in [-0.05, 0) is 37.7 Å². The van der Waals surface area contributed by atoms with Crippen molar-refractivity contribution in [1.82, 2.24) is 5.32 Å². The fraction of sp³-hybridized carbons (Fsp3) is 0.562. The quantitative estimate of drug-likeness (QED) is 0.791. The number of alkyl halides is 1. The Morgan fingerprint density at radius 3 is 2.68 bits per heavy atom. The van der Waals surface area contributed by atoms with E-state index in [0.717, 1.165) is 24.6 Å². The van der Waals surface area contributed by atoms with Crippen LogP contribution in [0.2, 0.25) is 0 Å². The molecule has 3 atom stereocenters. The van der Waals surface area contributed by atoms with Crippen LogP contribution in [0.15, 0.2) is 30.3 Å². The molecule has 0 heterocycles. The molecule has 3 heteroatoms. The standard InChI is InChI=1S/C16H22BrNO/c1-3-16(2,9-10-17)18-15(19)14-11-13(14)12-7-5-4-6-8-12/h4-8,13-14H,3,9-11H2,1-2H3,(H,18,19). The highest BCUT2D eigenvalue weighted by molar-refractivity contribution is 9.09. The Labute approximate surface area is 124 Å². The van der Waals surface area contributed by atoms with Crippen molar-refractivity contribution in [1.29, 1.82) is 0 Å². The van der Waals surface area contributed by atoms with Gasteiger partial charge in [0.05, 0.1) is 0 Å². The van der Waals surface area contributed by atoms with Crippen molar-refractivity contribution in [2.45, 2.75) is 44.6 Å². The van der Waals surface area contributed by atoms with Gasteiger partial charge in [0.15, 0.2) is 0 Å². The number of amides is 1. The number of rotatable bonds is 6. The van der Waals surface area contributed by atoms with Gasteiger partial charge in [-0.15, -0.1) is 0 Å². The number of carbonyl (C=O) groups excluding carboxylic acids is 1. The number of nitrogens with one attached hydrogen (secondary N) is 1. The van der Waals surface area contributed by atoms with Gasteiger partial charge >= 0.3 is 0 Å². The molecule has 0 saturated heterocycles. The van der Waals surface area contributed by atoms with Crippen LogP contribution < -0.4 is 5.32 Å². The van der Waals surface area contributed by atoms with Gasteiger partial charge in [-0.2, -0.15) is 0 Å². The topological polar surface area (TPSA) is 29.1 Å². The predicted molar refractivity (Wildman–Crippen MR) is 82.5 cm³/mol. The third-order valence-corrected chi connectivity index (χ3v) is 4.60. The lowest BCUT2D eigenvalue weighted by Gasteiger charge is -2.29. The molecular formula is C16H22BrNO. The molecule has 1 fully saturated rings. The molecule has 2 nitrogen and oxygen atoms in total. The summed E-state index contributed by atoms with van der Waals surface area (Å²) in [6, 6.07) is 10.4. The Hall–Kier alpha value is -0.830. The Kier molecular flexibility index (Phi) is 4.67. The fourth-order valence-corrected chi connectivity index (χ4v) is 3.35. The minimum Gasteiger partial charge on any atom is -0.351 e. The summed E-state index contributed by atoms with van der Waals surface area (Å²) in [7, 11) is 0. The van der Waals surface area contributed by atoms with E-state index in [4.69, 9.17) is 0 Å². The molecule has 1 saturated carbocycles. The third-order valence-electron chi connectivity index (χ3n) is 4.21. The van der Waals surface area contributed by atoms with E-state index < -0.39 is 0 Å². The Morgan fingerprint density at radius 1 is 1.42 bits per heavy atom. The first-order valence-electron chi connectivity index (χ1n) is 7.02. The van der Waals surface area contributed by atoms with Crippen LogP contribution in [0.1, 0.15) is 44.6 Å². The molecule has 1 amide bonds. The third kappa shape index (κ3) is 3.59. The molecule has 19 heavy (non-hydrogen) atoms. The van der Waals surface area contributed by atoms with E-state index in [0.29, 0.717) is 5.92 Å². The number of benzene rings is 1. The van der Waals surface area contributed by atoms with Crippen LogP contribution in [-0.4, -0.2) is 16.8 Å². The lowest BCUT2D eigenvalue weighted by molar-refractivity contribution is -0.124. The van der Waals surface area contributed by atoms with Gasteiger partial charge in [-0.3, -0.25) is 4.79 Å². The first-order chi connectivity index (χ1) is 9.09. The molecule has 0 aromatic heterocycles. The zero-order chi connectivity index (χ0) is 13.9. The van der Waals surface area contributed by atoms with E-state index in [2.05, 4.69) is 47.2 Å². The summed E-state index contributed by atoms with van der Waals surface area (Å²) in [6.45, 7) is 4.26. The second kappa shape index (κ2) is 6.08. The van der Waals surface area contributed by atoms with Gasteiger partial charge in [0.1, 0.15) is 0 Å². The van der Waals surface area contributed by atoms with Crippen LogP contribution in [0.25, 0.3) is 0 Å². The number of halogens is 1. The molecule has 0 radical (unpaired) electrons. The molecule has 1 N–H and O–H groups in total. The fourth-order valence-electron chi connectivity index (χ4n) is 2.48. The summed E-state index contributed by atoms with van der Waals surface area (Å²) in [5.74, 6) is 0.814. The smallest absolute Gasteiger partial charge is 0.224 e. The molecular weight excluding hydrogens is 302 g/mol. The van der Waals surface area contributed by atoms with Crippen LogP contribution in [0.3, 0.4) is 0 Å². The molecule has 3 unspecified atom stereocenters. The van der Waals surface area contributed by atoms with Crippen LogP contribution in [0.5, 0.6) is 0 Å². The zero-order valence-electron chi connectivity index (χ0n) is 11.7. The highest BCUT2D eigenvalue weighted by atomic mass is 79.9. The summed E-state index contributed by atoms with van der Waals surface area (Å²) in [4.78, 5) is 12.3. The molecule has 1 aliphatic carbocycles. The normalized spacial score (nSPS) is 24.6. The molecule has 1 aromatic carbocycles. The van der Waals surface area contributed by atoms with Crippen molar-refractivity contribution in [3.63, 3.8) is 0 Å². The first kappa shape index (κ1) is 14.6. The lowest BCUT2D eigenvalue weighted by atomic mass is 9.95. The second-order valence-corrected chi connectivity index (χ2v) is 6.49. The van der Waals surface area contributed by atoms with Crippen molar-refractivity contribution in [2.75, 3.05) is 5.33 Å². The van der Waals surface area contributed by atoms with Crippen molar-refractivity contribution < 1.29 is 4.79 Å². The maximum atomic E-state index is 12.3. The van der Waals surface area contributed by atoms with Crippen LogP contribution in [-0.2, 0) is 4.79 Å². The van der Waals surface area contributed by atoms with E-state index in [1.807, 2.05) is 18.2 Å². The summed E-state index contributed by atoms with van der Waals surface area (Å²) >= 11 is 3.47. The van der Waals surface area contributed by atoms with E-state index in [-0.39, 0.29) is 17.4 Å². The number of hydrogen-bond acceptors (Lipinski definition) is 1. The van der Waals surface area contributed by atoms with Gasteiger partial charge in [0.25, 0.3) is 0 Å². The minimum atomic E-state index is -0.0790. The summed E-state index contributed by atoms with van der Waals surface area (Å²) in [5.41, 5.74) is 1.21. The van der Waals surface area contributed by atoms with Crippen LogP contribution >= 0.6 is 15.9 Å². The Morgan fingerprint density at radius 2 is 2.11 bits per heavy atom. The summed E-state index contributed by atoms with van der Waals surface area (Å²) < 4.78 is 0. The van der Waals surface area contributed by atoms with Crippen molar-refractivity contribution in [3.8, 4) is 0 Å². The van der Waals surface area contributed by atoms with Gasteiger partial charge in [-0.1, -0.05) is 53.2 Å². The maximum absolute atomic E-state index is 12.3. The van der Waals surface area contributed by atoms with E-state index >= 15 is 0 Å². The summed E-state index contributed by atoms with van der Waals surface area (Å²) in [6.07, 6.45) is 2.93. The molecule has 1 aromatic rings. The Balaban J connectivity index is 1.93. The van der Waals surface area contributed by atoms with Crippen molar-refractivity contribution in [2.24, 2.45) is 5.92 Å². The van der Waals surface area contributed by atoms with E-state index in [1.54, 1.807) is 0 Å². The average molecular weight is 324 g/mol. The van der Waals surface area contributed by atoms with E-state index in [1.165, 1.54) is 5.56 Å². The lowest BCUT2D eigenvalue weighted by Crippen LogP contribution is -2.46. The van der Waals surface area contributed by atoms with Gasteiger partial charge in [0, 0.05) is 16.8 Å². The molecule has 0 aliphatic heterocycles. The zero-order valence-corrected chi connectivity index (χ0v) is 13.2. The molecule has 0 bridgehead atoms. The molecule has 1 aliphatic rings. The SMILES string of the molecule is CCC(C)(CCBr)NC(=O)C1CC1c1ccccc1. The monoisotopic (exact) mass is 323 g/mol. The highest BCUT2D eigenvalue weighted by Crippen LogP contribution is 2.47. The first-order valence-corrected chi connectivity index (χ1v) is 8.14. The van der Waals surface area contributed by atoms with E-state index in [9.17, 15) is 4.79 Å². The minimum absolute atomic E-state index is 0.0790. The predicted octanol–water partition coefficient (Wildman–Crippen LogP) is 3.86. The van der Waals surface area contributed by atoms with Crippen LogP contribution in [0, 0.1) is 5.92 Å². The maximum Gasteiger partial charge on any atom is 0.224 e. The number of carbonyl (C=O) groups is 1. The molecule has 0 spiro atoms. The second-order valence-electron chi connectivity index (χ2n) is 5.70. The summed E-state index contributed by atoms with van der Waals surface area (Å²) in [5, 5.41) is 4.16. The van der Waals surface area contributed by atoms with Gasteiger partial charge in [-0.25, -0.2) is 0 Å². The largest absolute Gasteiger partial charge is 0.351 e. The Bertz CT molecular complexity index is 434. The molecule has 104 valence electrons. The molecule has 2 rings (SSSR count).